The summed E-state index contributed by atoms with van der Waals surface area (Å²) in [7, 11) is 0. The lowest BCUT2D eigenvalue weighted by Crippen LogP contribution is -2.45. The van der Waals surface area contributed by atoms with Crippen molar-refractivity contribution < 1.29 is 14.3 Å². The van der Waals surface area contributed by atoms with E-state index < -0.39 is 5.25 Å². The first-order valence-corrected chi connectivity index (χ1v) is 10.5. The standard InChI is InChI=1S/C22H19N3O3S2/c26-21(20(15-7-3-1-4-8-15)30-17-9-5-2-6-10-17)24-25-22(29)23-16-11-12-18-19(13-16)28-14-27-18/h1-13,20H,14H2,(H,24,26)(H2,23,25,29)/t20-/m1/s1. The van der Waals surface area contributed by atoms with Gasteiger partial charge in [0, 0.05) is 16.6 Å². The lowest BCUT2D eigenvalue weighted by Gasteiger charge is -2.18. The minimum atomic E-state index is -0.436. The number of fused-ring (bicyclic) bond motifs is 1. The Kier molecular flexibility index (Phi) is 6.36. The monoisotopic (exact) mass is 437 g/mol. The van der Waals surface area contributed by atoms with E-state index in [1.54, 1.807) is 12.1 Å². The van der Waals surface area contributed by atoms with E-state index in [0.717, 1.165) is 16.1 Å². The van der Waals surface area contributed by atoms with Crippen molar-refractivity contribution in [2.45, 2.75) is 10.1 Å². The largest absolute Gasteiger partial charge is 0.454 e. The molecule has 0 saturated heterocycles. The summed E-state index contributed by atoms with van der Waals surface area (Å²) in [6.07, 6.45) is 0. The highest BCUT2D eigenvalue weighted by Gasteiger charge is 2.22. The van der Waals surface area contributed by atoms with Crippen LogP contribution in [0.3, 0.4) is 0 Å². The Morgan fingerprint density at radius 2 is 1.60 bits per heavy atom. The Balaban J connectivity index is 1.39. The number of ether oxygens (including phenoxy) is 2. The number of anilines is 1. The molecule has 1 heterocycles. The van der Waals surface area contributed by atoms with Crippen molar-refractivity contribution >= 4 is 40.7 Å². The van der Waals surface area contributed by atoms with E-state index in [4.69, 9.17) is 21.7 Å². The first-order chi connectivity index (χ1) is 14.7. The molecule has 1 aliphatic heterocycles. The molecule has 0 saturated carbocycles. The predicted molar refractivity (Wildman–Crippen MR) is 122 cm³/mol. The highest BCUT2D eigenvalue weighted by Crippen LogP contribution is 2.35. The van der Waals surface area contributed by atoms with Gasteiger partial charge in [-0.3, -0.25) is 15.6 Å². The number of hydrogen-bond donors (Lipinski definition) is 3. The second-order valence-corrected chi connectivity index (χ2v) is 7.94. The van der Waals surface area contributed by atoms with Crippen LogP contribution in [0.5, 0.6) is 11.5 Å². The minimum Gasteiger partial charge on any atom is -0.454 e. The second-order valence-electron chi connectivity index (χ2n) is 6.36. The van der Waals surface area contributed by atoms with Crippen molar-refractivity contribution in [3.63, 3.8) is 0 Å². The third-order valence-corrected chi connectivity index (χ3v) is 5.74. The Labute approximate surface area is 183 Å². The Morgan fingerprint density at radius 1 is 0.900 bits per heavy atom. The lowest BCUT2D eigenvalue weighted by molar-refractivity contribution is -0.121. The van der Waals surface area contributed by atoms with Gasteiger partial charge in [0.1, 0.15) is 5.25 Å². The molecule has 4 rings (SSSR count). The number of thioether (sulfide) groups is 1. The lowest BCUT2D eigenvalue weighted by atomic mass is 10.1. The van der Waals surface area contributed by atoms with Crippen LogP contribution < -0.4 is 25.6 Å². The van der Waals surface area contributed by atoms with Gasteiger partial charge in [-0.25, -0.2) is 0 Å². The van der Waals surface area contributed by atoms with Gasteiger partial charge < -0.3 is 14.8 Å². The number of rotatable bonds is 5. The normalized spacial score (nSPS) is 12.7. The molecule has 1 amide bonds. The van der Waals surface area contributed by atoms with E-state index in [0.29, 0.717) is 11.5 Å². The van der Waals surface area contributed by atoms with Crippen molar-refractivity contribution in [2.75, 3.05) is 12.1 Å². The summed E-state index contributed by atoms with van der Waals surface area (Å²) in [5.74, 6) is 1.14. The highest BCUT2D eigenvalue weighted by molar-refractivity contribution is 8.00. The maximum atomic E-state index is 12.9. The van der Waals surface area contributed by atoms with Gasteiger partial charge in [-0.05, 0) is 42.0 Å². The minimum absolute atomic E-state index is 0.204. The van der Waals surface area contributed by atoms with Crippen LogP contribution in [0.2, 0.25) is 0 Å². The fraction of sp³-hybridized carbons (Fsp3) is 0.0909. The molecule has 152 valence electrons. The van der Waals surface area contributed by atoms with Gasteiger partial charge in [0.15, 0.2) is 16.6 Å². The average Bonchev–Trinajstić information content (AvgIpc) is 3.25. The van der Waals surface area contributed by atoms with E-state index in [1.165, 1.54) is 11.8 Å². The molecule has 3 aromatic carbocycles. The van der Waals surface area contributed by atoms with Crippen LogP contribution in [-0.2, 0) is 4.79 Å². The van der Waals surface area contributed by atoms with Crippen molar-refractivity contribution in [1.82, 2.24) is 10.9 Å². The summed E-state index contributed by atoms with van der Waals surface area (Å²) in [5, 5.41) is 2.85. The van der Waals surface area contributed by atoms with Gasteiger partial charge in [-0.2, -0.15) is 0 Å². The van der Waals surface area contributed by atoms with Crippen LogP contribution in [0, 0.1) is 0 Å². The molecule has 3 N–H and O–H groups in total. The summed E-state index contributed by atoms with van der Waals surface area (Å²) in [4.78, 5) is 13.9. The quantitative estimate of drug-likeness (QED) is 0.313. The number of carbonyl (C=O) groups is 1. The molecule has 3 aromatic rings. The van der Waals surface area contributed by atoms with E-state index in [9.17, 15) is 4.79 Å². The fourth-order valence-electron chi connectivity index (χ4n) is 2.86. The highest BCUT2D eigenvalue weighted by atomic mass is 32.2. The molecule has 0 bridgehead atoms. The second kappa shape index (κ2) is 9.51. The Bertz CT molecular complexity index is 1030. The zero-order valence-electron chi connectivity index (χ0n) is 15.8. The number of carbonyl (C=O) groups excluding carboxylic acids is 1. The maximum Gasteiger partial charge on any atom is 0.256 e. The van der Waals surface area contributed by atoms with Crippen LogP contribution in [-0.4, -0.2) is 17.8 Å². The number of hydrogen-bond acceptors (Lipinski definition) is 5. The van der Waals surface area contributed by atoms with Crippen molar-refractivity contribution in [1.29, 1.82) is 0 Å². The average molecular weight is 438 g/mol. The van der Waals surface area contributed by atoms with Crippen molar-refractivity contribution in [3.05, 3.63) is 84.4 Å². The SMILES string of the molecule is O=C(NNC(=S)Nc1ccc2c(c1)OCO2)[C@H](Sc1ccccc1)c1ccccc1. The van der Waals surface area contributed by atoms with Gasteiger partial charge >= 0.3 is 0 Å². The van der Waals surface area contributed by atoms with Crippen LogP contribution in [0.1, 0.15) is 10.8 Å². The molecule has 0 spiro atoms. The molecule has 30 heavy (non-hydrogen) atoms. The summed E-state index contributed by atoms with van der Waals surface area (Å²) in [6.45, 7) is 0.206. The molecule has 1 atom stereocenters. The molecule has 1 aliphatic rings. The van der Waals surface area contributed by atoms with Crippen LogP contribution in [0.25, 0.3) is 0 Å². The Morgan fingerprint density at radius 3 is 2.37 bits per heavy atom. The third kappa shape index (κ3) is 5.03. The predicted octanol–water partition coefficient (Wildman–Crippen LogP) is 4.27. The van der Waals surface area contributed by atoms with E-state index in [2.05, 4.69) is 16.2 Å². The zero-order chi connectivity index (χ0) is 20.8. The number of amides is 1. The molecule has 0 unspecified atom stereocenters. The third-order valence-electron chi connectivity index (χ3n) is 4.27. The van der Waals surface area contributed by atoms with Gasteiger partial charge in [0.05, 0.1) is 0 Å². The van der Waals surface area contributed by atoms with E-state index in [-0.39, 0.29) is 17.8 Å². The van der Waals surface area contributed by atoms with Crippen molar-refractivity contribution in [2.24, 2.45) is 0 Å². The Hall–Kier alpha value is -3.23. The molecular formula is C22H19N3O3S2. The summed E-state index contributed by atoms with van der Waals surface area (Å²) in [5.41, 5.74) is 7.10. The first kappa shape index (κ1) is 20.1. The molecule has 6 nitrogen and oxygen atoms in total. The summed E-state index contributed by atoms with van der Waals surface area (Å²) >= 11 is 6.77. The maximum absolute atomic E-state index is 12.9. The smallest absolute Gasteiger partial charge is 0.256 e. The topological polar surface area (TPSA) is 71.6 Å². The molecule has 0 aromatic heterocycles. The number of hydrazine groups is 1. The molecule has 8 heteroatoms. The van der Waals surface area contributed by atoms with Gasteiger partial charge in [0.2, 0.25) is 6.79 Å². The van der Waals surface area contributed by atoms with E-state index >= 15 is 0 Å². The number of nitrogens with one attached hydrogen (secondary N) is 3. The van der Waals surface area contributed by atoms with Crippen molar-refractivity contribution in [3.8, 4) is 11.5 Å². The zero-order valence-corrected chi connectivity index (χ0v) is 17.5. The number of benzene rings is 3. The molecule has 0 radical (unpaired) electrons. The van der Waals surface area contributed by atoms with Crippen LogP contribution >= 0.6 is 24.0 Å². The van der Waals surface area contributed by atoms with Crippen LogP contribution in [0.15, 0.2) is 83.8 Å². The van der Waals surface area contributed by atoms with Crippen LogP contribution in [0.4, 0.5) is 5.69 Å². The first-order valence-electron chi connectivity index (χ1n) is 9.22. The summed E-state index contributed by atoms with van der Waals surface area (Å²) < 4.78 is 10.7. The van der Waals surface area contributed by atoms with Gasteiger partial charge in [-0.15, -0.1) is 11.8 Å². The molecular weight excluding hydrogens is 418 g/mol. The van der Waals surface area contributed by atoms with Gasteiger partial charge in [-0.1, -0.05) is 48.5 Å². The van der Waals surface area contributed by atoms with E-state index in [1.807, 2.05) is 66.7 Å². The number of thiocarbonyl (C=S) groups is 1. The molecule has 0 aliphatic carbocycles. The van der Waals surface area contributed by atoms with Gasteiger partial charge in [0.25, 0.3) is 5.91 Å². The molecule has 0 fully saturated rings. The fourth-order valence-corrected chi connectivity index (χ4v) is 4.07. The summed E-state index contributed by atoms with van der Waals surface area (Å²) in [6, 6.07) is 24.8.